The molecule has 0 saturated heterocycles. The molecule has 0 heterocycles. The predicted octanol–water partition coefficient (Wildman–Crippen LogP) is 5.95. The normalized spacial score (nSPS) is 40.4. The Kier molecular flexibility index (Phi) is 7.61. The van der Waals surface area contributed by atoms with E-state index in [-0.39, 0.29) is 5.92 Å². The molecule has 3 nitrogen and oxygen atoms in total. The molecule has 0 spiro atoms. The van der Waals surface area contributed by atoms with Gasteiger partial charge in [0.25, 0.3) is 0 Å². The van der Waals surface area contributed by atoms with E-state index < -0.39 is 17.8 Å². The number of aliphatic hydroxyl groups is 3. The van der Waals surface area contributed by atoms with Gasteiger partial charge in [0.15, 0.2) is 0 Å². The van der Waals surface area contributed by atoms with Gasteiger partial charge in [0.2, 0.25) is 0 Å². The lowest BCUT2D eigenvalue weighted by molar-refractivity contribution is 0.0283. The molecule has 7 atom stereocenters. The summed E-state index contributed by atoms with van der Waals surface area (Å²) < 4.78 is 0. The molecular weight excluding hydrogens is 384 g/mol. The fraction of sp³-hybridized carbons (Fsp3) is 0.786. The van der Waals surface area contributed by atoms with Crippen molar-refractivity contribution in [1.82, 2.24) is 0 Å². The SMILES string of the molecule is C=C1/C(=C/C=C2/CCC[C@@]3(C)C2CC[C@@H]3[C@H](C)CCCC(C)(C)O)C[C@@H](O)[C@@H](C)[C@@H]1O. The Bertz CT molecular complexity index is 712. The molecule has 0 amide bonds. The number of hydrogen-bond acceptors (Lipinski definition) is 3. The quantitative estimate of drug-likeness (QED) is 0.488. The van der Waals surface area contributed by atoms with Crippen molar-refractivity contribution in [2.45, 2.75) is 110 Å². The Morgan fingerprint density at radius 2 is 1.94 bits per heavy atom. The Hall–Kier alpha value is -0.900. The Balaban J connectivity index is 1.71. The van der Waals surface area contributed by atoms with Crippen LogP contribution in [0.25, 0.3) is 0 Å². The molecule has 3 fully saturated rings. The molecule has 0 aromatic heterocycles. The molecule has 0 bridgehead atoms. The number of fused-ring (bicyclic) bond motifs is 1. The highest BCUT2D eigenvalue weighted by molar-refractivity contribution is 5.39. The summed E-state index contributed by atoms with van der Waals surface area (Å²) in [6, 6.07) is 0. The van der Waals surface area contributed by atoms with Gasteiger partial charge in [-0.15, -0.1) is 0 Å². The van der Waals surface area contributed by atoms with Gasteiger partial charge in [-0.1, -0.05) is 57.9 Å². The van der Waals surface area contributed by atoms with Crippen LogP contribution < -0.4 is 0 Å². The van der Waals surface area contributed by atoms with Crippen molar-refractivity contribution < 1.29 is 15.3 Å². The third-order valence-electron chi connectivity index (χ3n) is 8.97. The molecule has 3 aliphatic rings. The minimum absolute atomic E-state index is 0.149. The Morgan fingerprint density at radius 1 is 1.23 bits per heavy atom. The van der Waals surface area contributed by atoms with Gasteiger partial charge >= 0.3 is 0 Å². The van der Waals surface area contributed by atoms with Gasteiger partial charge in [-0.25, -0.2) is 0 Å². The molecule has 3 N–H and O–H groups in total. The van der Waals surface area contributed by atoms with E-state index in [4.69, 9.17) is 0 Å². The van der Waals surface area contributed by atoms with Crippen molar-refractivity contribution in [2.24, 2.45) is 29.1 Å². The first-order valence-electron chi connectivity index (χ1n) is 12.6. The number of rotatable bonds is 6. The van der Waals surface area contributed by atoms with Gasteiger partial charge in [0, 0.05) is 5.92 Å². The fourth-order valence-corrected chi connectivity index (χ4v) is 6.91. The van der Waals surface area contributed by atoms with Crippen LogP contribution in [0.1, 0.15) is 92.4 Å². The Labute approximate surface area is 190 Å². The summed E-state index contributed by atoms with van der Waals surface area (Å²) in [6.07, 6.45) is 13.4. The molecule has 3 saturated carbocycles. The highest BCUT2D eigenvalue weighted by Crippen LogP contribution is 2.60. The second-order valence-corrected chi connectivity index (χ2v) is 11.8. The third-order valence-corrected chi connectivity index (χ3v) is 8.97. The summed E-state index contributed by atoms with van der Waals surface area (Å²) in [5.74, 6) is 1.94. The summed E-state index contributed by atoms with van der Waals surface area (Å²) in [4.78, 5) is 0. The molecule has 0 radical (unpaired) electrons. The van der Waals surface area contributed by atoms with E-state index >= 15 is 0 Å². The van der Waals surface area contributed by atoms with Crippen LogP contribution in [0, 0.1) is 29.1 Å². The average Bonchev–Trinajstić information content (AvgIpc) is 3.04. The van der Waals surface area contributed by atoms with Crippen LogP contribution in [-0.2, 0) is 0 Å². The molecule has 0 aromatic rings. The van der Waals surface area contributed by atoms with E-state index in [1.807, 2.05) is 20.8 Å². The van der Waals surface area contributed by atoms with Crippen molar-refractivity contribution in [2.75, 3.05) is 0 Å². The van der Waals surface area contributed by atoms with E-state index in [1.165, 1.54) is 32.1 Å². The summed E-state index contributed by atoms with van der Waals surface area (Å²) in [7, 11) is 0. The van der Waals surface area contributed by atoms with E-state index in [1.54, 1.807) is 5.57 Å². The van der Waals surface area contributed by atoms with Gasteiger partial charge in [-0.3, -0.25) is 0 Å². The summed E-state index contributed by atoms with van der Waals surface area (Å²) in [5, 5.41) is 30.7. The summed E-state index contributed by atoms with van der Waals surface area (Å²) in [5.41, 5.74) is 3.15. The molecule has 3 heteroatoms. The van der Waals surface area contributed by atoms with Crippen LogP contribution in [-0.4, -0.2) is 33.1 Å². The zero-order chi connectivity index (χ0) is 23.0. The molecule has 0 aliphatic heterocycles. The number of allylic oxidation sites excluding steroid dienone is 3. The van der Waals surface area contributed by atoms with Crippen molar-refractivity contribution in [3.8, 4) is 0 Å². The molecule has 176 valence electrons. The zero-order valence-electron chi connectivity index (χ0n) is 20.5. The van der Waals surface area contributed by atoms with Gasteiger partial charge in [-0.05, 0) is 93.1 Å². The van der Waals surface area contributed by atoms with E-state index in [0.717, 1.165) is 36.3 Å². The minimum Gasteiger partial charge on any atom is -0.392 e. The largest absolute Gasteiger partial charge is 0.392 e. The maximum absolute atomic E-state index is 10.4. The van der Waals surface area contributed by atoms with E-state index in [9.17, 15) is 15.3 Å². The molecule has 3 aliphatic carbocycles. The topological polar surface area (TPSA) is 60.7 Å². The second kappa shape index (κ2) is 9.53. The lowest BCUT2D eigenvalue weighted by Crippen LogP contribution is -2.36. The number of aliphatic hydroxyl groups excluding tert-OH is 2. The predicted molar refractivity (Wildman–Crippen MR) is 129 cm³/mol. The molecule has 31 heavy (non-hydrogen) atoms. The second-order valence-electron chi connectivity index (χ2n) is 11.8. The van der Waals surface area contributed by atoms with Crippen molar-refractivity contribution >= 4 is 0 Å². The van der Waals surface area contributed by atoms with Crippen molar-refractivity contribution in [1.29, 1.82) is 0 Å². The molecule has 1 unspecified atom stereocenters. The number of hydrogen-bond donors (Lipinski definition) is 3. The average molecular weight is 431 g/mol. The molecule has 3 rings (SSSR count). The van der Waals surface area contributed by atoms with Crippen LogP contribution in [0.2, 0.25) is 0 Å². The highest BCUT2D eigenvalue weighted by atomic mass is 16.3. The van der Waals surface area contributed by atoms with Gasteiger partial charge in [0.1, 0.15) is 0 Å². The van der Waals surface area contributed by atoms with Gasteiger partial charge < -0.3 is 15.3 Å². The minimum atomic E-state index is -0.648. The first-order valence-corrected chi connectivity index (χ1v) is 12.6. The van der Waals surface area contributed by atoms with Gasteiger partial charge in [-0.2, -0.15) is 0 Å². The van der Waals surface area contributed by atoms with Crippen LogP contribution in [0.5, 0.6) is 0 Å². The van der Waals surface area contributed by atoms with Crippen LogP contribution >= 0.6 is 0 Å². The lowest BCUT2D eigenvalue weighted by atomic mass is 9.60. The smallest absolute Gasteiger partial charge is 0.0837 e. The summed E-state index contributed by atoms with van der Waals surface area (Å²) in [6.45, 7) is 14.8. The third kappa shape index (κ3) is 5.37. The maximum atomic E-state index is 10.4. The first-order chi connectivity index (χ1) is 14.4. The van der Waals surface area contributed by atoms with Crippen LogP contribution in [0.15, 0.2) is 35.5 Å². The van der Waals surface area contributed by atoms with E-state index in [0.29, 0.717) is 23.7 Å². The lowest BCUT2D eigenvalue weighted by Gasteiger charge is -2.44. The monoisotopic (exact) mass is 430 g/mol. The Morgan fingerprint density at radius 3 is 2.61 bits per heavy atom. The summed E-state index contributed by atoms with van der Waals surface area (Å²) >= 11 is 0. The van der Waals surface area contributed by atoms with Crippen LogP contribution in [0.3, 0.4) is 0 Å². The molecular formula is C28H46O3. The maximum Gasteiger partial charge on any atom is 0.0837 e. The van der Waals surface area contributed by atoms with Crippen LogP contribution in [0.4, 0.5) is 0 Å². The van der Waals surface area contributed by atoms with Crippen molar-refractivity contribution in [3.63, 3.8) is 0 Å². The molecule has 0 aromatic carbocycles. The van der Waals surface area contributed by atoms with E-state index in [2.05, 4.69) is 32.6 Å². The highest BCUT2D eigenvalue weighted by Gasteiger charge is 2.50. The fourth-order valence-electron chi connectivity index (χ4n) is 6.91. The van der Waals surface area contributed by atoms with Gasteiger partial charge in [0.05, 0.1) is 17.8 Å². The first kappa shape index (κ1) is 24.7. The zero-order valence-corrected chi connectivity index (χ0v) is 20.5. The standard InChI is InChI=1S/C28H46O3/c1-18(9-7-15-27(4,5)31)23-13-14-24-21(10-8-16-28(23,24)6)11-12-22-17-25(29)20(3)26(30)19(22)2/h11-12,18,20,23-26,29-31H,2,7-10,13-17H2,1,3-6H3/b21-11-,22-12+/t18-,20-,23-,24?,25-,26-,28-/m1/s1. The van der Waals surface area contributed by atoms with Crippen molar-refractivity contribution in [3.05, 3.63) is 35.5 Å².